The molecule has 0 aliphatic heterocycles. The van der Waals surface area contributed by atoms with Crippen LogP contribution in [0.2, 0.25) is 0 Å². The fourth-order valence-electron chi connectivity index (χ4n) is 2.60. The van der Waals surface area contributed by atoms with Crippen LogP contribution < -0.4 is 4.74 Å². The highest BCUT2D eigenvalue weighted by molar-refractivity contribution is 5.70. The molecule has 0 saturated carbocycles. The number of methoxy groups -OCH3 is 1. The van der Waals surface area contributed by atoms with Crippen molar-refractivity contribution in [3.63, 3.8) is 0 Å². The number of ether oxygens (including phenoxy) is 1. The van der Waals surface area contributed by atoms with E-state index in [4.69, 9.17) is 4.74 Å². The normalized spacial score (nSPS) is 10.9. The Kier molecular flexibility index (Phi) is 3.35. The third kappa shape index (κ3) is 2.34. The number of nitrogens with zero attached hydrogens (tertiary/aromatic N) is 4. The van der Waals surface area contributed by atoms with E-state index in [2.05, 4.69) is 15.1 Å². The van der Waals surface area contributed by atoms with Crippen molar-refractivity contribution in [3.8, 4) is 33.9 Å². The fourth-order valence-corrected chi connectivity index (χ4v) is 2.60. The third-order valence-electron chi connectivity index (χ3n) is 3.83. The van der Waals surface area contributed by atoms with E-state index >= 15 is 0 Å². The Morgan fingerprint density at radius 2 is 1.92 bits per heavy atom. The van der Waals surface area contributed by atoms with Gasteiger partial charge in [0.2, 0.25) is 0 Å². The van der Waals surface area contributed by atoms with Crippen LogP contribution in [0.5, 0.6) is 11.5 Å². The number of aromatic hydroxyl groups is 1. The van der Waals surface area contributed by atoms with Gasteiger partial charge in [-0.3, -0.25) is 4.98 Å². The van der Waals surface area contributed by atoms with E-state index in [9.17, 15) is 5.11 Å². The van der Waals surface area contributed by atoms with Crippen molar-refractivity contribution in [2.75, 3.05) is 7.11 Å². The first kappa shape index (κ1) is 14.2. The lowest BCUT2D eigenvalue weighted by Gasteiger charge is -2.07. The first-order valence-corrected chi connectivity index (χ1v) is 7.38. The number of hydrogen-bond donors (Lipinski definition) is 1. The van der Waals surface area contributed by atoms with Crippen molar-refractivity contribution in [1.82, 2.24) is 19.6 Å². The zero-order valence-corrected chi connectivity index (χ0v) is 12.9. The number of fused-ring (bicyclic) bond motifs is 1. The maximum absolute atomic E-state index is 9.74. The summed E-state index contributed by atoms with van der Waals surface area (Å²) in [5, 5.41) is 14.2. The summed E-state index contributed by atoms with van der Waals surface area (Å²) in [6, 6.07) is 11.0. The molecule has 3 aromatic heterocycles. The molecule has 0 radical (unpaired) electrons. The summed E-state index contributed by atoms with van der Waals surface area (Å²) < 4.78 is 6.92. The Hall–Kier alpha value is -3.41. The summed E-state index contributed by atoms with van der Waals surface area (Å²) in [7, 11) is 1.52. The van der Waals surface area contributed by atoms with Crippen LogP contribution in [-0.2, 0) is 0 Å². The standard InChI is InChI=1S/C18H14N4O2/c1-24-17-7-12(4-5-16(17)23)15-11-20-18-8-14(10-21-22(15)18)13-3-2-6-19-9-13/h2-11,23H,1H3. The number of rotatable bonds is 3. The second-order valence-corrected chi connectivity index (χ2v) is 5.29. The molecule has 4 aromatic rings. The van der Waals surface area contributed by atoms with Crippen molar-refractivity contribution in [1.29, 1.82) is 0 Å². The van der Waals surface area contributed by atoms with Gasteiger partial charge in [0.1, 0.15) is 0 Å². The van der Waals surface area contributed by atoms with Crippen LogP contribution in [0.25, 0.3) is 28.0 Å². The monoisotopic (exact) mass is 318 g/mol. The van der Waals surface area contributed by atoms with Gasteiger partial charge >= 0.3 is 0 Å². The predicted octanol–water partition coefficient (Wildman–Crippen LogP) is 3.17. The summed E-state index contributed by atoms with van der Waals surface area (Å²) in [6.45, 7) is 0. The highest BCUT2D eigenvalue weighted by Gasteiger charge is 2.11. The van der Waals surface area contributed by atoms with E-state index in [1.807, 2.05) is 18.2 Å². The van der Waals surface area contributed by atoms with Gasteiger partial charge in [-0.1, -0.05) is 6.07 Å². The van der Waals surface area contributed by atoms with Gasteiger partial charge in [-0.2, -0.15) is 5.10 Å². The van der Waals surface area contributed by atoms with E-state index < -0.39 is 0 Å². The lowest BCUT2D eigenvalue weighted by atomic mass is 10.1. The van der Waals surface area contributed by atoms with E-state index in [0.717, 1.165) is 28.0 Å². The molecule has 0 aliphatic rings. The van der Waals surface area contributed by atoms with Crippen LogP contribution >= 0.6 is 0 Å². The van der Waals surface area contributed by atoms with Crippen molar-refractivity contribution in [2.45, 2.75) is 0 Å². The summed E-state index contributed by atoms with van der Waals surface area (Å²) in [5.41, 5.74) is 4.36. The van der Waals surface area contributed by atoms with E-state index in [1.54, 1.807) is 47.5 Å². The molecule has 0 fully saturated rings. The largest absolute Gasteiger partial charge is 0.504 e. The Morgan fingerprint density at radius 1 is 1.00 bits per heavy atom. The maximum Gasteiger partial charge on any atom is 0.161 e. The number of aromatic nitrogens is 4. The molecule has 0 spiro atoms. The number of pyridine rings is 1. The van der Waals surface area contributed by atoms with Crippen LogP contribution in [0, 0.1) is 0 Å². The Bertz CT molecular complexity index is 1010. The van der Waals surface area contributed by atoms with Crippen molar-refractivity contribution in [2.24, 2.45) is 0 Å². The topological polar surface area (TPSA) is 72.5 Å². The molecule has 3 heterocycles. The second-order valence-electron chi connectivity index (χ2n) is 5.29. The molecule has 6 nitrogen and oxygen atoms in total. The molecule has 1 N–H and O–H groups in total. The van der Waals surface area contributed by atoms with Gasteiger partial charge in [-0.05, 0) is 30.3 Å². The molecule has 0 unspecified atom stereocenters. The molecule has 4 rings (SSSR count). The van der Waals surface area contributed by atoms with E-state index in [-0.39, 0.29) is 5.75 Å². The molecule has 0 amide bonds. The second kappa shape index (κ2) is 5.66. The molecule has 6 heteroatoms. The molecule has 0 saturated heterocycles. The van der Waals surface area contributed by atoms with Gasteiger partial charge in [0, 0.05) is 29.1 Å². The quantitative estimate of drug-likeness (QED) is 0.628. The van der Waals surface area contributed by atoms with E-state index in [1.165, 1.54) is 7.11 Å². The van der Waals surface area contributed by atoms with E-state index in [0.29, 0.717) is 5.75 Å². The zero-order chi connectivity index (χ0) is 16.5. The molecule has 0 atom stereocenters. The molecule has 1 aromatic carbocycles. The van der Waals surface area contributed by atoms with Crippen LogP contribution in [0.15, 0.2) is 61.2 Å². The zero-order valence-electron chi connectivity index (χ0n) is 12.9. The minimum Gasteiger partial charge on any atom is -0.504 e. The van der Waals surface area contributed by atoms with Gasteiger partial charge in [-0.15, -0.1) is 0 Å². The van der Waals surface area contributed by atoms with Gasteiger partial charge in [0.05, 0.1) is 25.2 Å². The summed E-state index contributed by atoms with van der Waals surface area (Å²) in [6.07, 6.45) is 7.07. The van der Waals surface area contributed by atoms with Crippen LogP contribution in [0.4, 0.5) is 0 Å². The fraction of sp³-hybridized carbons (Fsp3) is 0.0556. The van der Waals surface area contributed by atoms with Crippen LogP contribution in [-0.4, -0.2) is 31.8 Å². The lowest BCUT2D eigenvalue weighted by Crippen LogP contribution is -1.95. The highest BCUT2D eigenvalue weighted by Crippen LogP contribution is 2.31. The Morgan fingerprint density at radius 3 is 2.71 bits per heavy atom. The minimum absolute atomic E-state index is 0.0990. The van der Waals surface area contributed by atoms with Crippen molar-refractivity contribution >= 4 is 5.65 Å². The SMILES string of the molecule is COc1cc(-c2cnc3cc(-c4cccnc4)cnn23)ccc1O. The summed E-state index contributed by atoms with van der Waals surface area (Å²) in [5.74, 6) is 0.510. The number of imidazole rings is 1. The molecule has 0 aliphatic carbocycles. The third-order valence-corrected chi connectivity index (χ3v) is 3.83. The first-order chi connectivity index (χ1) is 11.8. The minimum atomic E-state index is 0.0990. The summed E-state index contributed by atoms with van der Waals surface area (Å²) >= 11 is 0. The molecular weight excluding hydrogens is 304 g/mol. The number of hydrogen-bond acceptors (Lipinski definition) is 5. The van der Waals surface area contributed by atoms with Gasteiger partial charge < -0.3 is 9.84 Å². The predicted molar refractivity (Wildman–Crippen MR) is 89.9 cm³/mol. The van der Waals surface area contributed by atoms with Gasteiger partial charge in [-0.25, -0.2) is 9.50 Å². The number of phenols is 1. The Balaban J connectivity index is 1.81. The average molecular weight is 318 g/mol. The molecule has 24 heavy (non-hydrogen) atoms. The maximum atomic E-state index is 9.74. The first-order valence-electron chi connectivity index (χ1n) is 7.38. The van der Waals surface area contributed by atoms with Crippen molar-refractivity contribution in [3.05, 3.63) is 61.2 Å². The molecule has 118 valence electrons. The molecule has 0 bridgehead atoms. The average Bonchev–Trinajstić information content (AvgIpc) is 3.06. The van der Waals surface area contributed by atoms with Crippen LogP contribution in [0.1, 0.15) is 0 Å². The molecular formula is C18H14N4O2. The van der Waals surface area contributed by atoms with Crippen LogP contribution in [0.3, 0.4) is 0 Å². The highest BCUT2D eigenvalue weighted by atomic mass is 16.5. The van der Waals surface area contributed by atoms with Gasteiger partial charge in [0.15, 0.2) is 17.1 Å². The van der Waals surface area contributed by atoms with Gasteiger partial charge in [0.25, 0.3) is 0 Å². The number of benzene rings is 1. The number of phenolic OH excluding ortho intramolecular Hbond substituents is 1. The Labute approximate surface area is 138 Å². The lowest BCUT2D eigenvalue weighted by molar-refractivity contribution is 0.373. The smallest absolute Gasteiger partial charge is 0.161 e. The summed E-state index contributed by atoms with van der Waals surface area (Å²) in [4.78, 5) is 8.56. The van der Waals surface area contributed by atoms with Crippen molar-refractivity contribution < 1.29 is 9.84 Å².